The largest absolute Gasteiger partial charge is 0.366 e. The highest BCUT2D eigenvalue weighted by molar-refractivity contribution is 6.03. The molecule has 4 nitrogen and oxygen atoms in total. The summed E-state index contributed by atoms with van der Waals surface area (Å²) in [7, 11) is 0. The van der Waals surface area contributed by atoms with E-state index < -0.39 is 17.6 Å². The molecule has 2 amide bonds. The Hall–Kier alpha value is -2.17. The van der Waals surface area contributed by atoms with E-state index in [0.717, 1.165) is 12.2 Å². The van der Waals surface area contributed by atoms with Crippen LogP contribution in [0.2, 0.25) is 0 Å². The van der Waals surface area contributed by atoms with Crippen LogP contribution in [0.3, 0.4) is 0 Å². The lowest BCUT2D eigenvalue weighted by atomic mass is 10.3. The van der Waals surface area contributed by atoms with Crippen molar-refractivity contribution in [3.8, 4) is 0 Å². The first-order chi connectivity index (χ1) is 7.09. The lowest BCUT2D eigenvalue weighted by molar-refractivity contribution is -0.115. The molecule has 1 rings (SSSR count). The molecule has 0 aliphatic carbocycles. The summed E-state index contributed by atoms with van der Waals surface area (Å²) in [6, 6.07) is 5.71. The molecular formula is C10H9FN2O2. The van der Waals surface area contributed by atoms with Crippen molar-refractivity contribution < 1.29 is 14.0 Å². The summed E-state index contributed by atoms with van der Waals surface area (Å²) in [5, 5.41) is 2.26. The summed E-state index contributed by atoms with van der Waals surface area (Å²) in [5.41, 5.74) is 4.84. The molecule has 0 bridgehead atoms. The number of para-hydroxylation sites is 1. The maximum absolute atomic E-state index is 13.0. The Morgan fingerprint density at radius 3 is 2.53 bits per heavy atom. The number of primary amides is 1. The van der Waals surface area contributed by atoms with Crippen molar-refractivity contribution >= 4 is 17.5 Å². The molecule has 0 unspecified atom stereocenters. The number of hydrogen-bond acceptors (Lipinski definition) is 2. The Morgan fingerprint density at radius 1 is 1.27 bits per heavy atom. The van der Waals surface area contributed by atoms with Gasteiger partial charge in [0.2, 0.25) is 11.8 Å². The van der Waals surface area contributed by atoms with Gasteiger partial charge in [0.05, 0.1) is 5.69 Å². The van der Waals surface area contributed by atoms with E-state index in [4.69, 9.17) is 5.73 Å². The molecule has 0 spiro atoms. The van der Waals surface area contributed by atoms with E-state index in [0.29, 0.717) is 0 Å². The molecule has 0 aliphatic rings. The highest BCUT2D eigenvalue weighted by atomic mass is 19.1. The van der Waals surface area contributed by atoms with Crippen LogP contribution in [0.25, 0.3) is 0 Å². The average molecular weight is 208 g/mol. The van der Waals surface area contributed by atoms with Gasteiger partial charge in [-0.25, -0.2) is 4.39 Å². The summed E-state index contributed by atoms with van der Waals surface area (Å²) in [6.07, 6.45) is 1.84. The second-order valence-electron chi connectivity index (χ2n) is 2.70. The molecule has 0 atom stereocenters. The number of amides is 2. The lowest BCUT2D eigenvalue weighted by Gasteiger charge is -2.02. The Kier molecular flexibility index (Phi) is 3.56. The number of nitrogens with two attached hydrogens (primary N) is 1. The smallest absolute Gasteiger partial charge is 0.248 e. The average Bonchev–Trinajstić information content (AvgIpc) is 2.18. The number of rotatable bonds is 3. The summed E-state index contributed by atoms with van der Waals surface area (Å²) >= 11 is 0. The van der Waals surface area contributed by atoms with Crippen LogP contribution in [0.1, 0.15) is 0 Å². The lowest BCUT2D eigenvalue weighted by Crippen LogP contribution is -2.12. The zero-order valence-corrected chi connectivity index (χ0v) is 7.74. The zero-order chi connectivity index (χ0) is 11.3. The predicted octanol–water partition coefficient (Wildman–Crippen LogP) is 0.806. The third-order valence-corrected chi connectivity index (χ3v) is 1.53. The Morgan fingerprint density at radius 2 is 1.93 bits per heavy atom. The van der Waals surface area contributed by atoms with E-state index in [9.17, 15) is 14.0 Å². The van der Waals surface area contributed by atoms with Gasteiger partial charge in [0.15, 0.2) is 0 Å². The van der Waals surface area contributed by atoms with Gasteiger partial charge in [-0.05, 0) is 12.1 Å². The summed E-state index contributed by atoms with van der Waals surface area (Å²) in [5.74, 6) is -1.89. The quantitative estimate of drug-likeness (QED) is 0.721. The van der Waals surface area contributed by atoms with Crippen molar-refractivity contribution in [1.82, 2.24) is 0 Å². The van der Waals surface area contributed by atoms with Gasteiger partial charge in [0.1, 0.15) is 5.82 Å². The van der Waals surface area contributed by atoms with Crippen molar-refractivity contribution in [1.29, 1.82) is 0 Å². The predicted molar refractivity (Wildman–Crippen MR) is 53.4 cm³/mol. The van der Waals surface area contributed by atoms with Gasteiger partial charge in [-0.3, -0.25) is 9.59 Å². The van der Waals surface area contributed by atoms with E-state index in [1.54, 1.807) is 6.07 Å². The molecule has 78 valence electrons. The third-order valence-electron chi connectivity index (χ3n) is 1.53. The van der Waals surface area contributed by atoms with Gasteiger partial charge in [-0.1, -0.05) is 12.1 Å². The minimum absolute atomic E-state index is 0.0524. The molecule has 1 aromatic carbocycles. The first kappa shape index (κ1) is 10.9. The number of carbonyl (C=O) groups excluding carboxylic acids is 2. The van der Waals surface area contributed by atoms with Crippen LogP contribution in [0.5, 0.6) is 0 Å². The number of benzene rings is 1. The molecule has 0 aromatic heterocycles. The second-order valence-corrected chi connectivity index (χ2v) is 2.70. The van der Waals surface area contributed by atoms with Crippen molar-refractivity contribution in [2.45, 2.75) is 0 Å². The Labute approximate surface area is 85.6 Å². The third kappa shape index (κ3) is 3.60. The van der Waals surface area contributed by atoms with Crippen molar-refractivity contribution in [2.75, 3.05) is 5.32 Å². The van der Waals surface area contributed by atoms with Crippen LogP contribution in [-0.2, 0) is 9.59 Å². The zero-order valence-electron chi connectivity index (χ0n) is 7.74. The molecule has 0 radical (unpaired) electrons. The fraction of sp³-hybridized carbons (Fsp3) is 0. The summed E-state index contributed by atoms with van der Waals surface area (Å²) < 4.78 is 13.0. The first-order valence-corrected chi connectivity index (χ1v) is 4.12. The maximum atomic E-state index is 13.0. The van der Waals surface area contributed by atoms with E-state index in [-0.39, 0.29) is 5.69 Å². The van der Waals surface area contributed by atoms with Crippen LogP contribution < -0.4 is 11.1 Å². The molecular weight excluding hydrogens is 199 g/mol. The molecule has 1 aromatic rings. The highest BCUT2D eigenvalue weighted by Gasteiger charge is 2.02. The standard InChI is InChI=1S/C10H9FN2O2/c11-7-3-1-2-4-8(7)13-10(15)6-5-9(12)14/h1-6H,(H2,12,14)(H,13,15)/b6-5-. The van der Waals surface area contributed by atoms with E-state index in [1.165, 1.54) is 18.2 Å². The Balaban J connectivity index is 2.67. The molecule has 0 fully saturated rings. The molecule has 0 saturated heterocycles. The SMILES string of the molecule is NC(=O)/C=C\C(=O)Nc1ccccc1F. The van der Waals surface area contributed by atoms with Gasteiger partial charge in [0.25, 0.3) is 0 Å². The van der Waals surface area contributed by atoms with Gasteiger partial charge in [-0.2, -0.15) is 0 Å². The number of halogens is 1. The molecule has 0 heterocycles. The van der Waals surface area contributed by atoms with Crippen LogP contribution in [0.4, 0.5) is 10.1 Å². The van der Waals surface area contributed by atoms with Crippen LogP contribution in [-0.4, -0.2) is 11.8 Å². The van der Waals surface area contributed by atoms with Crippen LogP contribution >= 0.6 is 0 Å². The minimum Gasteiger partial charge on any atom is -0.366 e. The van der Waals surface area contributed by atoms with Gasteiger partial charge >= 0.3 is 0 Å². The molecule has 0 aliphatic heterocycles. The van der Waals surface area contributed by atoms with E-state index in [2.05, 4.69) is 5.32 Å². The van der Waals surface area contributed by atoms with E-state index >= 15 is 0 Å². The molecule has 5 heteroatoms. The topological polar surface area (TPSA) is 72.2 Å². The first-order valence-electron chi connectivity index (χ1n) is 4.12. The maximum Gasteiger partial charge on any atom is 0.248 e. The normalized spacial score (nSPS) is 10.2. The van der Waals surface area contributed by atoms with Crippen molar-refractivity contribution in [2.24, 2.45) is 5.73 Å². The van der Waals surface area contributed by atoms with E-state index in [1.807, 2.05) is 0 Å². The second kappa shape index (κ2) is 4.90. The molecule has 0 saturated carbocycles. The van der Waals surface area contributed by atoms with Crippen LogP contribution in [0, 0.1) is 5.82 Å². The van der Waals surface area contributed by atoms with Gasteiger partial charge in [0, 0.05) is 12.2 Å². The summed E-state index contributed by atoms with van der Waals surface area (Å²) in [4.78, 5) is 21.4. The minimum atomic E-state index is -0.737. The number of nitrogens with one attached hydrogen (secondary N) is 1. The van der Waals surface area contributed by atoms with Crippen molar-refractivity contribution in [3.05, 3.63) is 42.2 Å². The fourth-order valence-corrected chi connectivity index (χ4v) is 0.895. The number of hydrogen-bond donors (Lipinski definition) is 2. The Bertz CT molecular complexity index is 416. The highest BCUT2D eigenvalue weighted by Crippen LogP contribution is 2.11. The van der Waals surface area contributed by atoms with Gasteiger partial charge < -0.3 is 11.1 Å². The molecule has 15 heavy (non-hydrogen) atoms. The number of carbonyl (C=O) groups is 2. The number of anilines is 1. The van der Waals surface area contributed by atoms with Crippen molar-refractivity contribution in [3.63, 3.8) is 0 Å². The monoisotopic (exact) mass is 208 g/mol. The van der Waals surface area contributed by atoms with Gasteiger partial charge in [-0.15, -0.1) is 0 Å². The van der Waals surface area contributed by atoms with Crippen LogP contribution in [0.15, 0.2) is 36.4 Å². The molecule has 3 N–H and O–H groups in total. The fourth-order valence-electron chi connectivity index (χ4n) is 0.895. The summed E-state index contributed by atoms with van der Waals surface area (Å²) in [6.45, 7) is 0.